The molecule has 7 heteroatoms. The third-order valence-electron chi connectivity index (χ3n) is 5.22. The van der Waals surface area contributed by atoms with Crippen LogP contribution < -0.4 is 10.1 Å². The van der Waals surface area contributed by atoms with Gasteiger partial charge >= 0.3 is 0 Å². The quantitative estimate of drug-likeness (QED) is 0.712. The van der Waals surface area contributed by atoms with E-state index in [9.17, 15) is 13.2 Å². The molecule has 2 N–H and O–H groups in total. The molecule has 2 aromatic carbocycles. The standard InChI is InChI=1S/C22H27N3O3S/c1-15-11-12-21(17(3)13-15)25-29(27,28)19-9-6-8-18(14-19)22(26)24-23-20-10-5-4-7-16(20)2/h6,8-9,11-14,16,25H,4-5,7,10H2,1-3H3,(H,24,26)/b23-20-/t16-/m0/s1. The number of anilines is 1. The lowest BCUT2D eigenvalue weighted by Crippen LogP contribution is -2.24. The lowest BCUT2D eigenvalue weighted by molar-refractivity contribution is 0.0954. The molecule has 29 heavy (non-hydrogen) atoms. The Hall–Kier alpha value is -2.67. The zero-order valence-electron chi connectivity index (χ0n) is 17.0. The first-order valence-electron chi connectivity index (χ1n) is 9.83. The van der Waals surface area contributed by atoms with Crippen LogP contribution in [0.2, 0.25) is 0 Å². The number of rotatable bonds is 5. The fourth-order valence-corrected chi connectivity index (χ4v) is 4.64. The highest BCUT2D eigenvalue weighted by atomic mass is 32.2. The normalized spacial score (nSPS) is 18.4. The maximum Gasteiger partial charge on any atom is 0.271 e. The van der Waals surface area contributed by atoms with Crippen molar-refractivity contribution >= 4 is 27.3 Å². The number of amides is 1. The number of carbonyl (C=O) groups excluding carboxylic acids is 1. The van der Waals surface area contributed by atoms with E-state index in [0.29, 0.717) is 11.6 Å². The molecule has 1 fully saturated rings. The third kappa shape index (κ3) is 5.23. The number of hydrazone groups is 1. The predicted octanol–water partition coefficient (Wildman–Crippen LogP) is 4.40. The summed E-state index contributed by atoms with van der Waals surface area (Å²) >= 11 is 0. The summed E-state index contributed by atoms with van der Waals surface area (Å²) in [7, 11) is -3.81. The van der Waals surface area contributed by atoms with E-state index in [-0.39, 0.29) is 10.5 Å². The van der Waals surface area contributed by atoms with Crippen molar-refractivity contribution in [1.29, 1.82) is 0 Å². The Balaban J connectivity index is 1.77. The summed E-state index contributed by atoms with van der Waals surface area (Å²) in [6.45, 7) is 5.90. The molecule has 1 aliphatic carbocycles. The average molecular weight is 414 g/mol. The first kappa shape index (κ1) is 21.0. The number of hydrogen-bond donors (Lipinski definition) is 2. The lowest BCUT2D eigenvalue weighted by Gasteiger charge is -2.19. The number of carbonyl (C=O) groups is 1. The molecule has 1 amide bonds. The summed E-state index contributed by atoms with van der Waals surface area (Å²) in [6, 6.07) is 11.5. The molecule has 1 saturated carbocycles. The predicted molar refractivity (Wildman–Crippen MR) is 116 cm³/mol. The van der Waals surface area contributed by atoms with E-state index in [1.54, 1.807) is 18.2 Å². The van der Waals surface area contributed by atoms with Gasteiger partial charge in [-0.05, 0) is 68.9 Å². The van der Waals surface area contributed by atoms with Gasteiger partial charge in [0, 0.05) is 11.3 Å². The highest BCUT2D eigenvalue weighted by molar-refractivity contribution is 7.92. The zero-order chi connectivity index (χ0) is 21.0. The number of benzene rings is 2. The van der Waals surface area contributed by atoms with Crippen LogP contribution in [0, 0.1) is 19.8 Å². The largest absolute Gasteiger partial charge is 0.279 e. The number of sulfonamides is 1. The minimum absolute atomic E-state index is 0.0313. The van der Waals surface area contributed by atoms with Crippen molar-refractivity contribution in [2.24, 2.45) is 11.0 Å². The topological polar surface area (TPSA) is 87.6 Å². The van der Waals surface area contributed by atoms with Crippen LogP contribution >= 0.6 is 0 Å². The van der Waals surface area contributed by atoms with Crippen LogP contribution in [-0.2, 0) is 10.0 Å². The molecule has 0 heterocycles. The molecule has 3 rings (SSSR count). The summed E-state index contributed by atoms with van der Waals surface area (Å²) in [4.78, 5) is 12.5. The van der Waals surface area contributed by atoms with Crippen LogP contribution in [0.3, 0.4) is 0 Å². The second kappa shape index (κ2) is 8.78. The molecule has 0 bridgehead atoms. The number of nitrogens with zero attached hydrogens (tertiary/aromatic N) is 1. The zero-order valence-corrected chi connectivity index (χ0v) is 17.8. The highest BCUT2D eigenvalue weighted by Gasteiger charge is 2.19. The lowest BCUT2D eigenvalue weighted by atomic mass is 9.89. The molecule has 0 unspecified atom stereocenters. The van der Waals surface area contributed by atoms with E-state index in [4.69, 9.17) is 0 Å². The molecule has 0 aliphatic heterocycles. The van der Waals surface area contributed by atoms with Gasteiger partial charge in [-0.3, -0.25) is 9.52 Å². The fourth-order valence-electron chi connectivity index (χ4n) is 3.46. The van der Waals surface area contributed by atoms with E-state index in [1.807, 2.05) is 26.0 Å². The SMILES string of the molecule is Cc1ccc(NS(=O)(=O)c2cccc(C(=O)N/N=C3/CCCC[C@@H]3C)c2)c(C)c1. The van der Waals surface area contributed by atoms with Crippen molar-refractivity contribution in [2.45, 2.75) is 51.3 Å². The van der Waals surface area contributed by atoms with Gasteiger partial charge in [0.15, 0.2) is 0 Å². The molecule has 6 nitrogen and oxygen atoms in total. The second-order valence-electron chi connectivity index (χ2n) is 7.64. The van der Waals surface area contributed by atoms with Crippen molar-refractivity contribution in [2.75, 3.05) is 4.72 Å². The minimum Gasteiger partial charge on any atom is -0.279 e. The number of nitrogens with one attached hydrogen (secondary N) is 2. The van der Waals surface area contributed by atoms with Crippen molar-refractivity contribution in [3.05, 3.63) is 59.2 Å². The fraction of sp³-hybridized carbons (Fsp3) is 0.364. The Bertz CT molecular complexity index is 1050. The van der Waals surface area contributed by atoms with Crippen LogP contribution in [-0.4, -0.2) is 20.0 Å². The van der Waals surface area contributed by atoms with Crippen LogP contribution in [0.5, 0.6) is 0 Å². The molecular weight excluding hydrogens is 386 g/mol. The monoisotopic (exact) mass is 413 g/mol. The van der Waals surface area contributed by atoms with Crippen LogP contribution in [0.1, 0.15) is 54.1 Å². The Morgan fingerprint density at radius 3 is 2.62 bits per heavy atom. The van der Waals surface area contributed by atoms with Gasteiger partial charge in [0.05, 0.1) is 10.6 Å². The van der Waals surface area contributed by atoms with Gasteiger partial charge in [-0.25, -0.2) is 13.8 Å². The van der Waals surface area contributed by atoms with Gasteiger partial charge in [0.25, 0.3) is 15.9 Å². The summed E-state index contributed by atoms with van der Waals surface area (Å²) in [5.74, 6) is -0.0587. The Morgan fingerprint density at radius 1 is 1.10 bits per heavy atom. The summed E-state index contributed by atoms with van der Waals surface area (Å²) in [5.41, 5.74) is 6.22. The van der Waals surface area contributed by atoms with Crippen LogP contribution in [0.4, 0.5) is 5.69 Å². The van der Waals surface area contributed by atoms with Crippen molar-refractivity contribution < 1.29 is 13.2 Å². The molecular formula is C22H27N3O3S. The van der Waals surface area contributed by atoms with Gasteiger partial charge in [-0.15, -0.1) is 0 Å². The van der Waals surface area contributed by atoms with Crippen molar-refractivity contribution in [1.82, 2.24) is 5.43 Å². The highest BCUT2D eigenvalue weighted by Crippen LogP contribution is 2.22. The van der Waals surface area contributed by atoms with Gasteiger partial charge < -0.3 is 0 Å². The molecule has 0 saturated heterocycles. The Morgan fingerprint density at radius 2 is 1.90 bits per heavy atom. The van der Waals surface area contributed by atoms with Gasteiger partial charge in [-0.2, -0.15) is 5.10 Å². The number of aryl methyl sites for hydroxylation is 2. The van der Waals surface area contributed by atoms with Gasteiger partial charge in [0.2, 0.25) is 0 Å². The molecule has 154 valence electrons. The Kier molecular flexibility index (Phi) is 6.37. The minimum atomic E-state index is -3.81. The van der Waals surface area contributed by atoms with E-state index >= 15 is 0 Å². The van der Waals surface area contributed by atoms with E-state index in [0.717, 1.165) is 36.1 Å². The first-order chi connectivity index (χ1) is 13.8. The molecule has 1 aliphatic rings. The third-order valence-corrected chi connectivity index (χ3v) is 6.59. The molecule has 0 radical (unpaired) electrons. The van der Waals surface area contributed by atoms with E-state index in [2.05, 4.69) is 22.2 Å². The summed E-state index contributed by atoms with van der Waals surface area (Å²) < 4.78 is 28.2. The molecule has 0 aromatic heterocycles. The maximum absolute atomic E-state index is 12.8. The van der Waals surface area contributed by atoms with Gasteiger partial charge in [0.1, 0.15) is 0 Å². The molecule has 2 aromatic rings. The summed E-state index contributed by atoms with van der Waals surface area (Å²) in [5, 5.41) is 4.27. The smallest absolute Gasteiger partial charge is 0.271 e. The first-order valence-corrected chi connectivity index (χ1v) is 11.3. The van der Waals surface area contributed by atoms with E-state index in [1.165, 1.54) is 18.6 Å². The van der Waals surface area contributed by atoms with Gasteiger partial charge in [-0.1, -0.05) is 37.1 Å². The van der Waals surface area contributed by atoms with E-state index < -0.39 is 15.9 Å². The molecule has 0 spiro atoms. The summed E-state index contributed by atoms with van der Waals surface area (Å²) in [6.07, 6.45) is 4.22. The van der Waals surface area contributed by atoms with Crippen molar-refractivity contribution in [3.63, 3.8) is 0 Å². The second-order valence-corrected chi connectivity index (χ2v) is 9.33. The Labute approximate surface area is 172 Å². The number of hydrogen-bond acceptors (Lipinski definition) is 4. The van der Waals surface area contributed by atoms with Crippen LogP contribution in [0.15, 0.2) is 52.5 Å². The van der Waals surface area contributed by atoms with Crippen LogP contribution in [0.25, 0.3) is 0 Å². The molecule has 1 atom stereocenters. The van der Waals surface area contributed by atoms with Crippen molar-refractivity contribution in [3.8, 4) is 0 Å². The average Bonchev–Trinajstić information content (AvgIpc) is 2.69. The maximum atomic E-state index is 12.8.